The average Bonchev–Trinajstić information content (AvgIpc) is 3.93. The maximum Gasteiger partial charge on any atom is 0.247 e. The van der Waals surface area contributed by atoms with Crippen LogP contribution in [0.3, 0.4) is 0 Å². The minimum atomic E-state index is -0.774. The van der Waals surface area contributed by atoms with E-state index >= 15 is 0 Å². The zero-order chi connectivity index (χ0) is 42.8. The number of nitrogens with zero attached hydrogens (tertiary/aromatic N) is 4. The van der Waals surface area contributed by atoms with Crippen LogP contribution >= 0.6 is 0 Å². The summed E-state index contributed by atoms with van der Waals surface area (Å²) >= 11 is 0. The molecule has 14 heteroatoms. The summed E-state index contributed by atoms with van der Waals surface area (Å²) in [6.07, 6.45) is 2.36. The lowest BCUT2D eigenvalue weighted by molar-refractivity contribution is -0.142. The lowest BCUT2D eigenvalue weighted by Crippen LogP contribution is -2.49. The van der Waals surface area contributed by atoms with Crippen LogP contribution < -0.4 is 22.1 Å². The molecule has 2 heterocycles. The average molecular weight is 811 g/mol. The van der Waals surface area contributed by atoms with Gasteiger partial charge in [0.05, 0.1) is 13.1 Å². The van der Waals surface area contributed by atoms with Crippen molar-refractivity contribution < 1.29 is 28.8 Å². The van der Waals surface area contributed by atoms with Crippen LogP contribution in [-0.2, 0) is 28.8 Å². The van der Waals surface area contributed by atoms with Crippen molar-refractivity contribution in [3.05, 3.63) is 131 Å². The summed E-state index contributed by atoms with van der Waals surface area (Å²) in [5.74, 6) is 4.00. The molecule has 2 saturated heterocycles. The molecule has 60 heavy (non-hydrogen) atoms. The predicted molar refractivity (Wildman–Crippen MR) is 228 cm³/mol. The Labute approximate surface area is 349 Å². The largest absolute Gasteiger partial charge is 0.369 e. The zero-order valence-electron chi connectivity index (χ0n) is 33.8. The quantitative estimate of drug-likeness (QED) is 0.140. The Morgan fingerprint density at radius 3 is 1.27 bits per heavy atom. The van der Waals surface area contributed by atoms with Gasteiger partial charge in [0.15, 0.2) is 0 Å². The molecule has 0 radical (unpaired) electrons. The molecule has 0 bridgehead atoms. The maximum atomic E-state index is 13.9. The zero-order valence-corrected chi connectivity index (χ0v) is 33.8. The van der Waals surface area contributed by atoms with Crippen molar-refractivity contribution in [2.75, 3.05) is 50.9 Å². The third kappa shape index (κ3) is 10.6. The summed E-state index contributed by atoms with van der Waals surface area (Å²) in [5.41, 5.74) is 14.9. The fraction of sp³-hybridized carbons (Fsp3) is 0.304. The molecule has 0 aliphatic carbocycles. The van der Waals surface area contributed by atoms with E-state index in [0.29, 0.717) is 72.4 Å². The topological polar surface area (TPSA) is 191 Å². The normalized spacial score (nSPS) is 17.1. The number of hydrogen-bond donors (Lipinski definition) is 4. The summed E-state index contributed by atoms with van der Waals surface area (Å²) in [4.78, 5) is 84.7. The van der Waals surface area contributed by atoms with Crippen LogP contribution in [0.25, 0.3) is 0 Å². The Hall–Kier alpha value is -6.82. The molecule has 310 valence electrons. The van der Waals surface area contributed by atoms with Gasteiger partial charge in [-0.3, -0.25) is 38.6 Å². The Morgan fingerprint density at radius 1 is 0.583 bits per heavy atom. The van der Waals surface area contributed by atoms with E-state index in [2.05, 4.69) is 22.5 Å². The first kappa shape index (κ1) is 42.8. The van der Waals surface area contributed by atoms with Crippen LogP contribution in [-0.4, -0.2) is 107 Å². The summed E-state index contributed by atoms with van der Waals surface area (Å²) in [7, 11) is 3.34. The Kier molecular flexibility index (Phi) is 14.1. The maximum absolute atomic E-state index is 13.9. The standard InChI is InChI=1S/C46H50N8O6/c1-51(29-39(47)55)41(33-11-5-3-6-12-33)45(59)53-27-9-15-37(53)43(57)49-35-23-19-31(20-24-35)17-18-32-21-25-36(26-22-32)50-44(58)38-16-10-28-54(38)46(60)42(52(2)30-40(48)56)34-13-7-4-8-14-34/h3-8,11-14,19-26,37-38,41-42H,9-10,15-16,27-30H2,1-2H3,(H2,47,55)(H2,48,56)(H,49,57)(H,50,58)/t37-,38-,41?,42?/m0/s1. The van der Waals surface area contributed by atoms with Crippen LogP contribution in [0.4, 0.5) is 11.4 Å². The minimum absolute atomic E-state index is 0.114. The van der Waals surface area contributed by atoms with Crippen LogP contribution in [0.1, 0.15) is 60.0 Å². The molecule has 0 saturated carbocycles. The lowest BCUT2D eigenvalue weighted by atomic mass is 10.0. The van der Waals surface area contributed by atoms with Crippen LogP contribution in [0.15, 0.2) is 109 Å². The molecule has 4 atom stereocenters. The Balaban J connectivity index is 1.04. The summed E-state index contributed by atoms with van der Waals surface area (Å²) in [5, 5.41) is 5.88. The fourth-order valence-corrected chi connectivity index (χ4v) is 7.91. The minimum Gasteiger partial charge on any atom is -0.369 e. The second-order valence-electron chi connectivity index (χ2n) is 15.2. The SMILES string of the molecule is CN(CC(N)=O)C(C(=O)N1CCC[C@H]1C(=O)Nc1ccc(C#Cc2ccc(NC(=O)[C@@H]3CCCN3C(=O)C(c3ccccc3)N(C)CC(N)=O)cc2)cc1)c1ccccc1. The monoisotopic (exact) mass is 810 g/mol. The third-order valence-electron chi connectivity index (χ3n) is 10.7. The van der Waals surface area contributed by atoms with Gasteiger partial charge in [0.25, 0.3) is 0 Å². The first-order valence-electron chi connectivity index (χ1n) is 19.9. The van der Waals surface area contributed by atoms with Gasteiger partial charge in [-0.1, -0.05) is 72.5 Å². The summed E-state index contributed by atoms with van der Waals surface area (Å²) < 4.78 is 0. The summed E-state index contributed by atoms with van der Waals surface area (Å²) in [6, 6.07) is 29.6. The van der Waals surface area contributed by atoms with Gasteiger partial charge < -0.3 is 31.9 Å². The van der Waals surface area contributed by atoms with Crippen molar-refractivity contribution in [1.82, 2.24) is 19.6 Å². The van der Waals surface area contributed by atoms with E-state index in [-0.39, 0.29) is 36.7 Å². The molecular formula is C46H50N8O6. The van der Waals surface area contributed by atoms with E-state index in [0.717, 1.165) is 0 Å². The fourth-order valence-electron chi connectivity index (χ4n) is 7.91. The highest BCUT2D eigenvalue weighted by Gasteiger charge is 2.41. The molecule has 0 aromatic heterocycles. The lowest BCUT2D eigenvalue weighted by Gasteiger charge is -2.33. The second kappa shape index (κ2) is 19.8. The van der Waals surface area contributed by atoms with Gasteiger partial charge >= 0.3 is 0 Å². The number of carbonyl (C=O) groups excluding carboxylic acids is 6. The van der Waals surface area contributed by atoms with Crippen molar-refractivity contribution in [3.63, 3.8) is 0 Å². The van der Waals surface area contributed by atoms with Crippen LogP contribution in [0.5, 0.6) is 0 Å². The highest BCUT2D eigenvalue weighted by Crippen LogP contribution is 2.30. The molecule has 4 aromatic rings. The summed E-state index contributed by atoms with van der Waals surface area (Å²) in [6.45, 7) is 0.606. The number of amides is 6. The van der Waals surface area contributed by atoms with Gasteiger partial charge in [0.1, 0.15) is 24.2 Å². The molecule has 0 spiro atoms. The molecule has 6 rings (SSSR count). The highest BCUT2D eigenvalue weighted by atomic mass is 16.2. The molecule has 4 aromatic carbocycles. The Bertz CT molecular complexity index is 2080. The van der Waals surface area contributed by atoms with Crippen LogP contribution in [0, 0.1) is 11.8 Å². The molecule has 6 N–H and O–H groups in total. The number of nitrogens with two attached hydrogens (primary N) is 2. The molecular weight excluding hydrogens is 761 g/mol. The van der Waals surface area contributed by atoms with Crippen LogP contribution in [0.2, 0.25) is 0 Å². The first-order valence-corrected chi connectivity index (χ1v) is 19.9. The number of nitrogens with one attached hydrogen (secondary N) is 2. The van der Waals surface area contributed by atoms with E-state index in [9.17, 15) is 28.8 Å². The van der Waals surface area contributed by atoms with Crippen molar-refractivity contribution in [2.24, 2.45) is 11.5 Å². The number of primary amides is 2. The second-order valence-corrected chi connectivity index (χ2v) is 15.2. The first-order chi connectivity index (χ1) is 28.9. The van der Waals surface area contributed by atoms with E-state index < -0.39 is 36.0 Å². The van der Waals surface area contributed by atoms with Gasteiger partial charge in [-0.05, 0) is 99.4 Å². The molecule has 2 fully saturated rings. The molecule has 2 aliphatic heterocycles. The number of anilines is 2. The van der Waals surface area contributed by atoms with Gasteiger partial charge in [-0.2, -0.15) is 0 Å². The number of carbonyl (C=O) groups is 6. The van der Waals surface area contributed by atoms with Gasteiger partial charge in [-0.15, -0.1) is 0 Å². The van der Waals surface area contributed by atoms with Gasteiger partial charge in [0.2, 0.25) is 35.4 Å². The molecule has 2 unspecified atom stereocenters. The third-order valence-corrected chi connectivity index (χ3v) is 10.7. The number of hydrogen-bond acceptors (Lipinski definition) is 8. The van der Waals surface area contributed by atoms with E-state index in [4.69, 9.17) is 11.5 Å². The molecule has 14 nitrogen and oxygen atoms in total. The van der Waals surface area contributed by atoms with Crippen molar-refractivity contribution in [1.29, 1.82) is 0 Å². The van der Waals surface area contributed by atoms with E-state index in [1.165, 1.54) is 0 Å². The predicted octanol–water partition coefficient (Wildman–Crippen LogP) is 3.26. The smallest absolute Gasteiger partial charge is 0.247 e. The van der Waals surface area contributed by atoms with Crippen molar-refractivity contribution in [3.8, 4) is 11.8 Å². The van der Waals surface area contributed by atoms with Gasteiger partial charge in [0, 0.05) is 35.6 Å². The van der Waals surface area contributed by atoms with Gasteiger partial charge in [-0.25, -0.2) is 0 Å². The number of likely N-dealkylation sites (tertiary alicyclic amines) is 2. The highest BCUT2D eigenvalue weighted by molar-refractivity contribution is 5.99. The van der Waals surface area contributed by atoms with Crippen molar-refractivity contribution >= 4 is 46.8 Å². The number of rotatable bonds is 14. The van der Waals surface area contributed by atoms with Crippen molar-refractivity contribution in [2.45, 2.75) is 49.9 Å². The number of likely N-dealkylation sites (N-methyl/N-ethyl adjacent to an activating group) is 2. The van der Waals surface area contributed by atoms with E-state index in [1.807, 2.05) is 60.7 Å². The molecule has 6 amide bonds. The van der Waals surface area contributed by atoms with E-state index in [1.54, 1.807) is 82.2 Å². The number of benzene rings is 4. The Morgan fingerprint density at radius 2 is 0.933 bits per heavy atom. The molecule has 2 aliphatic rings.